The van der Waals surface area contributed by atoms with Crippen molar-refractivity contribution in [1.29, 1.82) is 5.26 Å². The van der Waals surface area contributed by atoms with Gasteiger partial charge in [0.05, 0.1) is 10.6 Å². The first-order valence-electron chi connectivity index (χ1n) is 6.36. The molecule has 5 nitrogen and oxygen atoms in total. The van der Waals surface area contributed by atoms with Gasteiger partial charge in [0, 0.05) is 16.8 Å². The predicted octanol–water partition coefficient (Wildman–Crippen LogP) is 3.22. The number of nitrogens with zero attached hydrogens (tertiary/aromatic N) is 3. The molecule has 0 aromatic carbocycles. The van der Waals surface area contributed by atoms with Crippen molar-refractivity contribution < 1.29 is 0 Å². The molecule has 0 bridgehead atoms. The first-order valence-corrected chi connectivity index (χ1v) is 8.06. The Morgan fingerprint density at radius 3 is 3.00 bits per heavy atom. The average Bonchev–Trinajstić information content (AvgIpc) is 3.05. The molecule has 0 radical (unpaired) electrons. The smallest absolute Gasteiger partial charge is 0.266 e. The molecule has 0 fully saturated rings. The van der Waals surface area contributed by atoms with Crippen molar-refractivity contribution >= 4 is 23.1 Å². The lowest BCUT2D eigenvalue weighted by Gasteiger charge is -2.05. The van der Waals surface area contributed by atoms with Gasteiger partial charge in [0.25, 0.3) is 5.56 Å². The van der Waals surface area contributed by atoms with Crippen LogP contribution >= 0.6 is 23.1 Å². The summed E-state index contributed by atoms with van der Waals surface area (Å²) in [6, 6.07) is 9.29. The van der Waals surface area contributed by atoms with E-state index in [1.54, 1.807) is 30.5 Å². The summed E-state index contributed by atoms with van der Waals surface area (Å²) >= 11 is 2.94. The number of nitrogens with one attached hydrogen (secondary N) is 1. The highest BCUT2D eigenvalue weighted by atomic mass is 32.2. The Balaban J connectivity index is 1.96. The molecule has 0 saturated carbocycles. The maximum Gasteiger partial charge on any atom is 0.266 e. The van der Waals surface area contributed by atoms with Gasteiger partial charge in [-0.15, -0.1) is 11.3 Å². The highest BCUT2D eigenvalue weighted by Crippen LogP contribution is 2.29. The van der Waals surface area contributed by atoms with Gasteiger partial charge in [-0.05, 0) is 42.3 Å². The van der Waals surface area contributed by atoms with Crippen LogP contribution in [0.5, 0.6) is 0 Å². The number of aryl methyl sites for hydroxylation is 1. The summed E-state index contributed by atoms with van der Waals surface area (Å²) in [5.41, 5.74) is 1.26. The summed E-state index contributed by atoms with van der Waals surface area (Å²) in [7, 11) is 0. The quantitative estimate of drug-likeness (QED) is 0.747. The second-order valence-corrected chi connectivity index (χ2v) is 6.37. The van der Waals surface area contributed by atoms with Crippen LogP contribution in [0.4, 0.5) is 0 Å². The Kier molecular flexibility index (Phi) is 4.04. The van der Waals surface area contributed by atoms with E-state index in [9.17, 15) is 4.79 Å². The van der Waals surface area contributed by atoms with Crippen LogP contribution in [-0.4, -0.2) is 15.0 Å². The molecule has 108 valence electrons. The zero-order valence-corrected chi connectivity index (χ0v) is 13.2. The van der Waals surface area contributed by atoms with E-state index < -0.39 is 0 Å². The molecule has 7 heteroatoms. The monoisotopic (exact) mass is 326 g/mol. The summed E-state index contributed by atoms with van der Waals surface area (Å²) in [5, 5.41) is 11.5. The maximum absolute atomic E-state index is 11.6. The Morgan fingerprint density at radius 1 is 1.41 bits per heavy atom. The van der Waals surface area contributed by atoms with Crippen LogP contribution < -0.4 is 5.56 Å². The zero-order valence-electron chi connectivity index (χ0n) is 11.5. The van der Waals surface area contributed by atoms with Crippen molar-refractivity contribution in [3.05, 3.63) is 57.5 Å². The van der Waals surface area contributed by atoms with Gasteiger partial charge in [-0.3, -0.25) is 4.79 Å². The minimum absolute atomic E-state index is 0.0857. The van der Waals surface area contributed by atoms with Crippen LogP contribution in [0.15, 0.2) is 50.7 Å². The largest absolute Gasteiger partial charge is 0.324 e. The number of pyridine rings is 1. The first kappa shape index (κ1) is 14.5. The molecule has 0 atom stereocenters. The van der Waals surface area contributed by atoms with Crippen LogP contribution in [-0.2, 0) is 0 Å². The Morgan fingerprint density at radius 2 is 2.27 bits per heavy atom. The van der Waals surface area contributed by atoms with Gasteiger partial charge in [0.1, 0.15) is 11.6 Å². The van der Waals surface area contributed by atoms with E-state index in [1.165, 1.54) is 11.8 Å². The molecule has 3 rings (SSSR count). The number of nitriles is 1. The molecule has 0 aliphatic carbocycles. The molecular formula is C15H10N4OS2. The molecule has 22 heavy (non-hydrogen) atoms. The summed E-state index contributed by atoms with van der Waals surface area (Å²) < 4.78 is 0. The van der Waals surface area contributed by atoms with Gasteiger partial charge < -0.3 is 4.98 Å². The Bertz CT molecular complexity index is 910. The highest BCUT2D eigenvalue weighted by Gasteiger charge is 2.10. The number of aromatic nitrogens is 3. The molecule has 0 spiro atoms. The van der Waals surface area contributed by atoms with E-state index in [-0.39, 0.29) is 11.1 Å². The number of aromatic amines is 1. The molecule has 0 aliphatic rings. The SMILES string of the molecule is Cc1[nH]c(=O)c(C#N)cc1Sc1nccc(-c2cccs2)n1. The zero-order chi connectivity index (χ0) is 15.5. The first-order chi connectivity index (χ1) is 10.7. The van der Waals surface area contributed by atoms with E-state index in [1.807, 2.05) is 29.6 Å². The van der Waals surface area contributed by atoms with Crippen molar-refractivity contribution in [3.8, 4) is 16.6 Å². The average molecular weight is 326 g/mol. The molecule has 0 aliphatic heterocycles. The molecule has 3 heterocycles. The second-order valence-electron chi connectivity index (χ2n) is 4.42. The van der Waals surface area contributed by atoms with Gasteiger partial charge in [-0.2, -0.15) is 5.26 Å². The third-order valence-corrected chi connectivity index (χ3v) is 4.84. The van der Waals surface area contributed by atoms with Crippen molar-refractivity contribution in [2.45, 2.75) is 17.0 Å². The summed E-state index contributed by atoms with van der Waals surface area (Å²) in [6.07, 6.45) is 1.70. The number of rotatable bonds is 3. The second kappa shape index (κ2) is 6.13. The number of hydrogen-bond donors (Lipinski definition) is 1. The lowest BCUT2D eigenvalue weighted by molar-refractivity contribution is 0.968. The van der Waals surface area contributed by atoms with Crippen LogP contribution in [0.3, 0.4) is 0 Å². The fourth-order valence-corrected chi connectivity index (χ4v) is 3.37. The van der Waals surface area contributed by atoms with Crippen LogP contribution in [0.25, 0.3) is 10.6 Å². The van der Waals surface area contributed by atoms with Crippen molar-refractivity contribution in [3.63, 3.8) is 0 Å². The maximum atomic E-state index is 11.6. The normalized spacial score (nSPS) is 10.4. The third-order valence-electron chi connectivity index (χ3n) is 2.92. The lowest BCUT2D eigenvalue weighted by Crippen LogP contribution is -2.11. The predicted molar refractivity (Wildman–Crippen MR) is 86.0 cm³/mol. The van der Waals surface area contributed by atoms with Crippen LogP contribution in [0.1, 0.15) is 11.3 Å². The van der Waals surface area contributed by atoms with Crippen LogP contribution in [0.2, 0.25) is 0 Å². The Labute approximate surface area is 134 Å². The lowest BCUT2D eigenvalue weighted by atomic mass is 10.3. The number of hydrogen-bond acceptors (Lipinski definition) is 6. The fourth-order valence-electron chi connectivity index (χ4n) is 1.84. The van der Waals surface area contributed by atoms with Gasteiger partial charge in [-0.1, -0.05) is 6.07 Å². The molecular weight excluding hydrogens is 316 g/mol. The standard InChI is InChI=1S/C15H10N4OS2/c1-9-13(7-10(8-16)14(20)18-9)22-15-17-5-4-11(19-15)12-3-2-6-21-12/h2-7H,1H3,(H,18,20). The van der Waals surface area contributed by atoms with Gasteiger partial charge >= 0.3 is 0 Å². The molecule has 0 unspecified atom stereocenters. The van der Waals surface area contributed by atoms with E-state index in [4.69, 9.17) is 5.26 Å². The minimum Gasteiger partial charge on any atom is -0.324 e. The van der Waals surface area contributed by atoms with E-state index in [0.717, 1.165) is 15.5 Å². The van der Waals surface area contributed by atoms with Gasteiger partial charge in [0.2, 0.25) is 0 Å². The van der Waals surface area contributed by atoms with E-state index in [2.05, 4.69) is 15.0 Å². The van der Waals surface area contributed by atoms with E-state index >= 15 is 0 Å². The van der Waals surface area contributed by atoms with Gasteiger partial charge in [-0.25, -0.2) is 9.97 Å². The van der Waals surface area contributed by atoms with Gasteiger partial charge in [0.15, 0.2) is 5.16 Å². The summed E-state index contributed by atoms with van der Waals surface area (Å²) in [4.78, 5) is 24.8. The van der Waals surface area contributed by atoms with Crippen molar-refractivity contribution in [2.24, 2.45) is 0 Å². The third kappa shape index (κ3) is 2.93. The number of thiophene rings is 1. The highest BCUT2D eigenvalue weighted by molar-refractivity contribution is 7.99. The number of H-pyrrole nitrogens is 1. The van der Waals surface area contributed by atoms with Crippen LogP contribution in [0, 0.1) is 18.3 Å². The van der Waals surface area contributed by atoms with Crippen molar-refractivity contribution in [2.75, 3.05) is 0 Å². The summed E-state index contributed by atoms with van der Waals surface area (Å²) in [6.45, 7) is 1.79. The molecule has 3 aromatic rings. The molecule has 0 amide bonds. The Hall–Kier alpha value is -2.43. The minimum atomic E-state index is -0.377. The molecule has 3 aromatic heterocycles. The molecule has 1 N–H and O–H groups in total. The fraction of sp³-hybridized carbons (Fsp3) is 0.0667. The van der Waals surface area contributed by atoms with E-state index in [0.29, 0.717) is 10.9 Å². The topological polar surface area (TPSA) is 82.4 Å². The summed E-state index contributed by atoms with van der Waals surface area (Å²) in [5.74, 6) is 0. The molecule has 0 saturated heterocycles. The van der Waals surface area contributed by atoms with Crippen molar-refractivity contribution in [1.82, 2.24) is 15.0 Å².